The fraction of sp³-hybridized carbons (Fsp3) is 0.429. The van der Waals surface area contributed by atoms with Gasteiger partial charge in [-0.1, -0.05) is 6.07 Å². The molecule has 16 heavy (non-hydrogen) atoms. The van der Waals surface area contributed by atoms with Crippen molar-refractivity contribution in [3.8, 4) is 0 Å². The van der Waals surface area contributed by atoms with E-state index in [0.29, 0.717) is 0 Å². The third kappa shape index (κ3) is 1.54. The van der Waals surface area contributed by atoms with Crippen molar-refractivity contribution in [1.29, 1.82) is 0 Å². The molecule has 1 heterocycles. The van der Waals surface area contributed by atoms with Crippen LogP contribution in [0.1, 0.15) is 22.4 Å². The van der Waals surface area contributed by atoms with Gasteiger partial charge in [-0.3, -0.25) is 0 Å². The summed E-state index contributed by atoms with van der Waals surface area (Å²) >= 11 is 0. The van der Waals surface area contributed by atoms with Gasteiger partial charge in [-0.25, -0.2) is 0 Å². The van der Waals surface area contributed by atoms with Crippen LogP contribution in [0.2, 0.25) is 0 Å². The first-order valence-electron chi connectivity index (χ1n) is 5.76. The minimum atomic E-state index is 0.938. The van der Waals surface area contributed by atoms with Crippen molar-refractivity contribution in [2.75, 3.05) is 7.05 Å². The van der Waals surface area contributed by atoms with Gasteiger partial charge in [0, 0.05) is 30.2 Å². The maximum atomic E-state index is 3.26. The zero-order chi connectivity index (χ0) is 11.9. The van der Waals surface area contributed by atoms with Gasteiger partial charge in [-0.15, -0.1) is 0 Å². The lowest BCUT2D eigenvalue weighted by Gasteiger charge is -2.03. The SMILES string of the molecule is CNCc1c(C)n(C)c2cc(C)cc(C)c12. The Morgan fingerprint density at radius 2 is 1.88 bits per heavy atom. The number of rotatable bonds is 2. The zero-order valence-electron chi connectivity index (χ0n) is 10.8. The molecule has 0 aliphatic heterocycles. The number of nitrogens with one attached hydrogen (secondary N) is 1. The molecule has 0 radical (unpaired) electrons. The van der Waals surface area contributed by atoms with Crippen molar-refractivity contribution in [3.05, 3.63) is 34.5 Å². The van der Waals surface area contributed by atoms with E-state index in [4.69, 9.17) is 0 Å². The van der Waals surface area contributed by atoms with Crippen molar-refractivity contribution in [3.63, 3.8) is 0 Å². The molecule has 0 unspecified atom stereocenters. The minimum absolute atomic E-state index is 0.938. The fourth-order valence-electron chi connectivity index (χ4n) is 2.56. The quantitative estimate of drug-likeness (QED) is 0.817. The second kappa shape index (κ2) is 3.95. The monoisotopic (exact) mass is 216 g/mol. The number of hydrogen-bond donors (Lipinski definition) is 1. The Bertz CT molecular complexity index is 535. The van der Waals surface area contributed by atoms with Gasteiger partial charge in [0.2, 0.25) is 0 Å². The molecule has 0 atom stereocenters. The van der Waals surface area contributed by atoms with Crippen LogP contribution in [0.25, 0.3) is 10.9 Å². The molecule has 0 aliphatic carbocycles. The Morgan fingerprint density at radius 1 is 1.19 bits per heavy atom. The summed E-state index contributed by atoms with van der Waals surface area (Å²) in [4.78, 5) is 0. The van der Waals surface area contributed by atoms with Crippen LogP contribution in [0.5, 0.6) is 0 Å². The van der Waals surface area contributed by atoms with E-state index in [1.165, 1.54) is 33.3 Å². The lowest BCUT2D eigenvalue weighted by Crippen LogP contribution is -2.06. The average Bonchev–Trinajstić information content (AvgIpc) is 2.44. The maximum Gasteiger partial charge on any atom is 0.0488 e. The molecule has 0 aliphatic rings. The minimum Gasteiger partial charge on any atom is -0.348 e. The van der Waals surface area contributed by atoms with Crippen LogP contribution in [0.15, 0.2) is 12.1 Å². The fourth-order valence-corrected chi connectivity index (χ4v) is 2.56. The van der Waals surface area contributed by atoms with Crippen molar-refractivity contribution in [2.24, 2.45) is 7.05 Å². The van der Waals surface area contributed by atoms with Crippen molar-refractivity contribution in [1.82, 2.24) is 9.88 Å². The molecule has 86 valence electrons. The van der Waals surface area contributed by atoms with E-state index >= 15 is 0 Å². The van der Waals surface area contributed by atoms with Gasteiger partial charge in [-0.2, -0.15) is 0 Å². The molecular weight excluding hydrogens is 196 g/mol. The molecule has 1 N–H and O–H groups in total. The number of benzene rings is 1. The summed E-state index contributed by atoms with van der Waals surface area (Å²) in [5.41, 5.74) is 6.85. The maximum absolute atomic E-state index is 3.26. The number of fused-ring (bicyclic) bond motifs is 1. The highest BCUT2D eigenvalue weighted by Crippen LogP contribution is 2.28. The Hall–Kier alpha value is -1.28. The summed E-state index contributed by atoms with van der Waals surface area (Å²) in [5.74, 6) is 0. The van der Waals surface area contributed by atoms with Crippen molar-refractivity contribution < 1.29 is 0 Å². The predicted molar refractivity (Wildman–Crippen MR) is 69.9 cm³/mol. The van der Waals surface area contributed by atoms with Gasteiger partial charge in [0.05, 0.1) is 0 Å². The second-order valence-corrected chi connectivity index (χ2v) is 4.63. The normalized spacial score (nSPS) is 11.3. The van der Waals surface area contributed by atoms with Crippen molar-refractivity contribution >= 4 is 10.9 Å². The van der Waals surface area contributed by atoms with E-state index in [-0.39, 0.29) is 0 Å². The lowest BCUT2D eigenvalue weighted by atomic mass is 10.0. The Kier molecular flexibility index (Phi) is 2.76. The first-order valence-corrected chi connectivity index (χ1v) is 5.76. The summed E-state index contributed by atoms with van der Waals surface area (Å²) in [6.07, 6.45) is 0. The molecule has 2 aromatic rings. The second-order valence-electron chi connectivity index (χ2n) is 4.63. The summed E-state index contributed by atoms with van der Waals surface area (Å²) in [5, 5.41) is 4.68. The molecule has 0 fully saturated rings. The van der Waals surface area contributed by atoms with Crippen LogP contribution < -0.4 is 5.32 Å². The molecule has 2 rings (SSSR count). The molecule has 0 saturated heterocycles. The van der Waals surface area contributed by atoms with Gasteiger partial charge in [0.1, 0.15) is 0 Å². The first kappa shape index (κ1) is 11.2. The molecule has 2 heteroatoms. The standard InChI is InChI=1S/C14H20N2/c1-9-6-10(2)14-12(8-15-4)11(3)16(5)13(14)7-9/h6-7,15H,8H2,1-5H3. The third-order valence-corrected chi connectivity index (χ3v) is 3.42. The van der Waals surface area contributed by atoms with Crippen LogP contribution in [0.4, 0.5) is 0 Å². The molecule has 0 spiro atoms. The summed E-state index contributed by atoms with van der Waals surface area (Å²) < 4.78 is 2.29. The number of aromatic nitrogens is 1. The number of aryl methyl sites for hydroxylation is 3. The molecule has 1 aromatic heterocycles. The van der Waals surface area contributed by atoms with E-state index in [9.17, 15) is 0 Å². The third-order valence-electron chi connectivity index (χ3n) is 3.42. The molecule has 0 saturated carbocycles. The zero-order valence-corrected chi connectivity index (χ0v) is 10.8. The van der Waals surface area contributed by atoms with Crippen LogP contribution in [0.3, 0.4) is 0 Å². The van der Waals surface area contributed by atoms with Crippen molar-refractivity contribution in [2.45, 2.75) is 27.3 Å². The Morgan fingerprint density at radius 3 is 2.50 bits per heavy atom. The lowest BCUT2D eigenvalue weighted by molar-refractivity contribution is 0.800. The van der Waals surface area contributed by atoms with E-state index in [2.05, 4.69) is 49.8 Å². The summed E-state index contributed by atoms with van der Waals surface area (Å²) in [6.45, 7) is 7.50. The van der Waals surface area contributed by atoms with E-state index < -0.39 is 0 Å². The molecule has 0 amide bonds. The molecule has 1 aromatic carbocycles. The van der Waals surface area contributed by atoms with E-state index in [1.54, 1.807) is 0 Å². The average molecular weight is 216 g/mol. The van der Waals surface area contributed by atoms with Gasteiger partial charge < -0.3 is 9.88 Å². The largest absolute Gasteiger partial charge is 0.348 e. The van der Waals surface area contributed by atoms with Crippen LogP contribution in [-0.2, 0) is 13.6 Å². The summed E-state index contributed by atoms with van der Waals surface area (Å²) in [7, 11) is 4.15. The highest BCUT2D eigenvalue weighted by Gasteiger charge is 2.13. The molecule has 0 bridgehead atoms. The highest BCUT2D eigenvalue weighted by atomic mass is 15.0. The Balaban J connectivity index is 2.85. The number of nitrogens with zero attached hydrogens (tertiary/aromatic N) is 1. The smallest absolute Gasteiger partial charge is 0.0488 e. The topological polar surface area (TPSA) is 17.0 Å². The first-order chi connectivity index (χ1) is 7.56. The van der Waals surface area contributed by atoms with E-state index in [1.807, 2.05) is 7.05 Å². The van der Waals surface area contributed by atoms with Crippen LogP contribution in [-0.4, -0.2) is 11.6 Å². The van der Waals surface area contributed by atoms with Crippen LogP contribution >= 0.6 is 0 Å². The summed E-state index contributed by atoms with van der Waals surface area (Å²) in [6, 6.07) is 4.54. The van der Waals surface area contributed by atoms with E-state index in [0.717, 1.165) is 6.54 Å². The Labute approximate surface area is 97.3 Å². The van der Waals surface area contributed by atoms with Gasteiger partial charge in [0.15, 0.2) is 0 Å². The highest BCUT2D eigenvalue weighted by molar-refractivity contribution is 5.89. The van der Waals surface area contributed by atoms with Gasteiger partial charge in [0.25, 0.3) is 0 Å². The van der Waals surface area contributed by atoms with Crippen LogP contribution in [0, 0.1) is 20.8 Å². The van der Waals surface area contributed by atoms with Gasteiger partial charge in [-0.05, 0) is 50.6 Å². The molecule has 2 nitrogen and oxygen atoms in total. The van der Waals surface area contributed by atoms with Gasteiger partial charge >= 0.3 is 0 Å². The predicted octanol–water partition coefficient (Wildman–Crippen LogP) is 2.82. The number of hydrogen-bond acceptors (Lipinski definition) is 1. The molecular formula is C14H20N2.